The molecule has 0 saturated heterocycles. The van der Waals surface area contributed by atoms with Gasteiger partial charge in [0.25, 0.3) is 5.56 Å². The van der Waals surface area contributed by atoms with Crippen LogP contribution in [0.4, 0.5) is 0 Å². The molecule has 150 valence electrons. The first kappa shape index (κ1) is 23.0. The Morgan fingerprint density at radius 1 is 0.846 bits per heavy atom. The largest absolute Gasteiger partial charge is 0.330 e. The van der Waals surface area contributed by atoms with E-state index in [0.717, 1.165) is 4.57 Å². The molecule has 0 unspecified atom stereocenters. The smallest absolute Gasteiger partial charge is 0.312 e. The SMILES string of the molecule is COP(=O)(CCCn1ccc(=O)n(CCCP(=O)(OC)OC)c1=O)OC. The second kappa shape index (κ2) is 10.3. The van der Waals surface area contributed by atoms with Gasteiger partial charge in [0.05, 0.1) is 12.3 Å². The van der Waals surface area contributed by atoms with E-state index in [1.165, 1.54) is 45.3 Å². The Hall–Kier alpha value is -1.02. The molecule has 0 saturated carbocycles. The van der Waals surface area contributed by atoms with Gasteiger partial charge < -0.3 is 22.7 Å². The van der Waals surface area contributed by atoms with Crippen LogP contribution in [-0.4, -0.2) is 49.9 Å². The van der Waals surface area contributed by atoms with Crippen LogP contribution in [0.2, 0.25) is 0 Å². The van der Waals surface area contributed by atoms with Crippen LogP contribution in [-0.2, 0) is 40.3 Å². The van der Waals surface area contributed by atoms with Gasteiger partial charge in [-0.2, -0.15) is 0 Å². The van der Waals surface area contributed by atoms with Crippen molar-refractivity contribution in [2.45, 2.75) is 25.9 Å². The lowest BCUT2D eigenvalue weighted by atomic mass is 10.4. The molecular formula is C14H26N2O8P2. The van der Waals surface area contributed by atoms with Gasteiger partial charge in [-0.05, 0) is 12.8 Å². The van der Waals surface area contributed by atoms with Gasteiger partial charge in [-0.25, -0.2) is 4.79 Å². The number of hydrogen-bond acceptors (Lipinski definition) is 8. The minimum atomic E-state index is -3.19. The summed E-state index contributed by atoms with van der Waals surface area (Å²) in [4.78, 5) is 24.4. The normalized spacial score (nSPS) is 12.5. The molecule has 0 fully saturated rings. The third kappa shape index (κ3) is 6.30. The molecule has 1 rings (SSSR count). The molecule has 0 aromatic carbocycles. The number of rotatable bonds is 12. The molecule has 0 aliphatic heterocycles. The van der Waals surface area contributed by atoms with Gasteiger partial charge in [0, 0.05) is 53.8 Å². The van der Waals surface area contributed by atoms with Crippen LogP contribution < -0.4 is 11.2 Å². The van der Waals surface area contributed by atoms with E-state index >= 15 is 0 Å². The van der Waals surface area contributed by atoms with Gasteiger partial charge in [0.2, 0.25) is 0 Å². The van der Waals surface area contributed by atoms with Crippen molar-refractivity contribution in [3.05, 3.63) is 33.1 Å². The topological polar surface area (TPSA) is 115 Å². The van der Waals surface area contributed by atoms with Crippen molar-refractivity contribution in [1.82, 2.24) is 9.13 Å². The average Bonchev–Trinajstić information content (AvgIpc) is 2.65. The van der Waals surface area contributed by atoms with Crippen LogP contribution in [0.3, 0.4) is 0 Å². The first-order chi connectivity index (χ1) is 12.2. The molecule has 0 radical (unpaired) electrons. The molecule has 1 heterocycles. The molecule has 0 spiro atoms. The maximum atomic E-state index is 12.4. The third-order valence-corrected chi connectivity index (χ3v) is 7.85. The summed E-state index contributed by atoms with van der Waals surface area (Å²) in [6, 6.07) is 1.28. The molecule has 12 heteroatoms. The van der Waals surface area contributed by atoms with E-state index in [1.54, 1.807) is 0 Å². The van der Waals surface area contributed by atoms with Crippen molar-refractivity contribution >= 4 is 15.2 Å². The molecule has 0 atom stereocenters. The molecule has 0 N–H and O–H groups in total. The lowest BCUT2D eigenvalue weighted by Crippen LogP contribution is -2.39. The van der Waals surface area contributed by atoms with Crippen molar-refractivity contribution in [2.24, 2.45) is 0 Å². The van der Waals surface area contributed by atoms with E-state index in [-0.39, 0.29) is 31.8 Å². The Kier molecular flexibility index (Phi) is 9.16. The zero-order chi connectivity index (χ0) is 19.8. The molecule has 0 aliphatic rings. The van der Waals surface area contributed by atoms with Crippen LogP contribution in [0.15, 0.2) is 21.9 Å². The van der Waals surface area contributed by atoms with Crippen molar-refractivity contribution in [2.75, 3.05) is 40.8 Å². The number of nitrogens with zero attached hydrogens (tertiary/aromatic N) is 2. The summed E-state index contributed by atoms with van der Waals surface area (Å²) < 4.78 is 45.8. The summed E-state index contributed by atoms with van der Waals surface area (Å²) in [5, 5.41) is 0. The van der Waals surface area contributed by atoms with Gasteiger partial charge in [0.15, 0.2) is 0 Å². The van der Waals surface area contributed by atoms with E-state index in [0.29, 0.717) is 6.42 Å². The highest BCUT2D eigenvalue weighted by Crippen LogP contribution is 2.47. The second-order valence-corrected chi connectivity index (χ2v) is 10.2. The molecule has 26 heavy (non-hydrogen) atoms. The third-order valence-electron chi connectivity index (χ3n) is 3.90. The summed E-state index contributed by atoms with van der Waals surface area (Å²) in [5.41, 5.74) is -0.942. The highest BCUT2D eigenvalue weighted by atomic mass is 31.2. The van der Waals surface area contributed by atoms with Crippen LogP contribution in [0, 0.1) is 0 Å². The van der Waals surface area contributed by atoms with Crippen molar-refractivity contribution < 1.29 is 27.2 Å². The highest BCUT2D eigenvalue weighted by Gasteiger charge is 2.21. The maximum Gasteiger partial charge on any atom is 0.330 e. The predicted molar refractivity (Wildman–Crippen MR) is 97.2 cm³/mol. The predicted octanol–water partition coefficient (Wildman–Crippen LogP) is 1.76. The maximum absolute atomic E-state index is 12.4. The summed E-state index contributed by atoms with van der Waals surface area (Å²) in [6.45, 7) is 0.342. The fourth-order valence-corrected chi connectivity index (χ4v) is 4.39. The quantitative estimate of drug-likeness (QED) is 0.477. The molecule has 0 aliphatic carbocycles. The van der Waals surface area contributed by atoms with E-state index in [4.69, 9.17) is 18.1 Å². The van der Waals surface area contributed by atoms with E-state index < -0.39 is 26.4 Å². The standard InChI is InChI=1S/C14H26N2O8P2/c1-21-25(19,22-2)11-5-8-15-10-7-13(17)16(14(15)18)9-6-12-26(20,23-3)24-4/h7,10H,5-6,8-9,11-12H2,1-4H3. The highest BCUT2D eigenvalue weighted by molar-refractivity contribution is 7.54. The van der Waals surface area contributed by atoms with Crippen LogP contribution in [0.1, 0.15) is 12.8 Å². The molecule has 0 amide bonds. The Labute approximate surface area is 152 Å². The monoisotopic (exact) mass is 412 g/mol. The van der Waals surface area contributed by atoms with Crippen molar-refractivity contribution in [3.63, 3.8) is 0 Å². The number of aromatic nitrogens is 2. The van der Waals surface area contributed by atoms with Crippen LogP contribution in [0.25, 0.3) is 0 Å². The van der Waals surface area contributed by atoms with Gasteiger partial charge in [0.1, 0.15) is 0 Å². The van der Waals surface area contributed by atoms with Crippen LogP contribution in [0.5, 0.6) is 0 Å². The first-order valence-electron chi connectivity index (χ1n) is 7.95. The van der Waals surface area contributed by atoms with Crippen LogP contribution >= 0.6 is 15.2 Å². The molecule has 1 aromatic rings. The van der Waals surface area contributed by atoms with E-state index in [2.05, 4.69) is 0 Å². The minimum absolute atomic E-state index is 0.0872. The summed E-state index contributed by atoms with van der Waals surface area (Å²) in [7, 11) is -1.16. The first-order valence-corrected chi connectivity index (χ1v) is 11.4. The molecule has 1 aromatic heterocycles. The minimum Gasteiger partial charge on any atom is -0.312 e. The lowest BCUT2D eigenvalue weighted by molar-refractivity contribution is 0.274. The Balaban J connectivity index is 2.79. The zero-order valence-electron chi connectivity index (χ0n) is 15.5. The number of hydrogen-bond donors (Lipinski definition) is 0. The Morgan fingerprint density at radius 3 is 1.77 bits per heavy atom. The second-order valence-electron chi connectivity index (χ2n) is 5.39. The summed E-state index contributed by atoms with van der Waals surface area (Å²) in [6.07, 6.45) is 2.28. The Bertz CT molecular complexity index is 772. The van der Waals surface area contributed by atoms with Gasteiger partial charge in [-0.15, -0.1) is 0 Å². The fraction of sp³-hybridized carbons (Fsp3) is 0.714. The van der Waals surface area contributed by atoms with Gasteiger partial charge in [-0.1, -0.05) is 0 Å². The molecular weight excluding hydrogens is 386 g/mol. The lowest BCUT2D eigenvalue weighted by Gasteiger charge is -2.15. The molecule has 0 bridgehead atoms. The van der Waals surface area contributed by atoms with Gasteiger partial charge >= 0.3 is 20.9 Å². The van der Waals surface area contributed by atoms with Crippen molar-refractivity contribution in [1.29, 1.82) is 0 Å². The Morgan fingerprint density at radius 2 is 1.31 bits per heavy atom. The van der Waals surface area contributed by atoms with Crippen molar-refractivity contribution in [3.8, 4) is 0 Å². The number of aryl methyl sites for hydroxylation is 1. The molecule has 10 nitrogen and oxygen atoms in total. The van der Waals surface area contributed by atoms with E-state index in [1.807, 2.05) is 0 Å². The van der Waals surface area contributed by atoms with Gasteiger partial charge in [-0.3, -0.25) is 18.5 Å². The fourth-order valence-electron chi connectivity index (χ4n) is 2.30. The zero-order valence-corrected chi connectivity index (χ0v) is 17.2. The summed E-state index contributed by atoms with van der Waals surface area (Å²) in [5.74, 6) is 0. The summed E-state index contributed by atoms with van der Waals surface area (Å²) >= 11 is 0. The van der Waals surface area contributed by atoms with E-state index in [9.17, 15) is 18.7 Å². The average molecular weight is 412 g/mol.